The fourth-order valence-electron chi connectivity index (χ4n) is 6.76. The topological polar surface area (TPSA) is 17.1 Å². The summed E-state index contributed by atoms with van der Waals surface area (Å²) >= 11 is 0. The second-order valence-corrected chi connectivity index (χ2v) is 7.76. The molecule has 5 rings (SSSR count). The maximum absolute atomic E-state index is 12.5. The molecule has 5 aliphatic carbocycles. The van der Waals surface area contributed by atoms with E-state index in [1.165, 1.54) is 38.5 Å². The van der Waals surface area contributed by atoms with Crippen LogP contribution in [0.15, 0.2) is 0 Å². The number of carbonyl (C=O) groups is 1. The Balaban J connectivity index is 1.99. The van der Waals surface area contributed by atoms with Gasteiger partial charge < -0.3 is 0 Å². The maximum Gasteiger partial charge on any atom is 0.143 e. The third kappa shape index (κ3) is 0.559. The van der Waals surface area contributed by atoms with Crippen LogP contribution in [0.5, 0.6) is 0 Å². The molecule has 1 heteroatoms. The SMILES string of the molecule is CC1(C)CCCC23C(=O)C4CC12CCC43C. The Morgan fingerprint density at radius 3 is 2.50 bits per heavy atom. The van der Waals surface area contributed by atoms with Crippen LogP contribution in [0.2, 0.25) is 0 Å². The predicted octanol–water partition coefficient (Wildman–Crippen LogP) is 3.57. The molecule has 5 saturated carbocycles. The summed E-state index contributed by atoms with van der Waals surface area (Å²) in [6, 6.07) is 0. The summed E-state index contributed by atoms with van der Waals surface area (Å²) in [4.78, 5) is 12.5. The quantitative estimate of drug-likeness (QED) is 0.607. The van der Waals surface area contributed by atoms with Gasteiger partial charge in [-0.2, -0.15) is 0 Å². The molecule has 0 aromatic heterocycles. The first kappa shape index (κ1) is 9.67. The fraction of sp³-hybridized carbons (Fsp3) is 0.933. The fourth-order valence-corrected chi connectivity index (χ4v) is 6.76. The van der Waals surface area contributed by atoms with Crippen LogP contribution in [0.4, 0.5) is 0 Å². The van der Waals surface area contributed by atoms with Gasteiger partial charge in [-0.15, -0.1) is 0 Å². The lowest BCUT2D eigenvalue weighted by molar-refractivity contribution is -0.174. The van der Waals surface area contributed by atoms with Gasteiger partial charge in [0.1, 0.15) is 5.78 Å². The average Bonchev–Trinajstić information content (AvgIpc) is 2.72. The predicted molar refractivity (Wildman–Crippen MR) is 63.0 cm³/mol. The van der Waals surface area contributed by atoms with Gasteiger partial charge in [0.2, 0.25) is 0 Å². The highest BCUT2D eigenvalue weighted by molar-refractivity contribution is 6.00. The van der Waals surface area contributed by atoms with Crippen LogP contribution in [-0.4, -0.2) is 5.78 Å². The monoisotopic (exact) mass is 218 g/mol. The van der Waals surface area contributed by atoms with Crippen LogP contribution in [0.25, 0.3) is 0 Å². The van der Waals surface area contributed by atoms with Crippen LogP contribution in [0.3, 0.4) is 0 Å². The molecule has 5 aliphatic rings. The van der Waals surface area contributed by atoms with Crippen molar-refractivity contribution >= 4 is 5.78 Å². The molecule has 0 saturated heterocycles. The van der Waals surface area contributed by atoms with E-state index in [4.69, 9.17) is 0 Å². The molecule has 4 unspecified atom stereocenters. The molecule has 4 atom stereocenters. The Kier molecular flexibility index (Phi) is 1.30. The molecule has 0 heterocycles. The minimum Gasteiger partial charge on any atom is -0.299 e. The number of hydrogen-bond acceptors (Lipinski definition) is 1. The average molecular weight is 218 g/mol. The Morgan fingerprint density at radius 2 is 1.81 bits per heavy atom. The highest BCUT2D eigenvalue weighted by atomic mass is 16.1. The Morgan fingerprint density at radius 1 is 1.06 bits per heavy atom. The van der Waals surface area contributed by atoms with Crippen molar-refractivity contribution in [3.63, 3.8) is 0 Å². The second-order valence-electron chi connectivity index (χ2n) is 7.76. The van der Waals surface area contributed by atoms with E-state index in [1.807, 2.05) is 0 Å². The summed E-state index contributed by atoms with van der Waals surface area (Å²) in [5, 5.41) is 0. The van der Waals surface area contributed by atoms with Gasteiger partial charge in [0, 0.05) is 11.3 Å². The molecule has 1 nitrogen and oxygen atoms in total. The molecule has 0 radical (unpaired) electrons. The minimum absolute atomic E-state index is 0.131. The molecule has 88 valence electrons. The number of rotatable bonds is 0. The largest absolute Gasteiger partial charge is 0.299 e. The maximum atomic E-state index is 12.5. The van der Waals surface area contributed by atoms with Gasteiger partial charge in [-0.05, 0) is 48.3 Å². The number of Topliss-reactive ketones (excluding diaryl/α,β-unsaturated/α-hetero) is 1. The summed E-state index contributed by atoms with van der Waals surface area (Å²) < 4.78 is 0. The van der Waals surface area contributed by atoms with Crippen molar-refractivity contribution in [3.05, 3.63) is 0 Å². The van der Waals surface area contributed by atoms with Crippen molar-refractivity contribution in [1.29, 1.82) is 0 Å². The van der Waals surface area contributed by atoms with E-state index in [1.54, 1.807) is 0 Å². The van der Waals surface area contributed by atoms with E-state index < -0.39 is 0 Å². The minimum atomic E-state index is 0.131. The first-order valence-electron chi connectivity index (χ1n) is 6.96. The molecule has 1 spiro atoms. The first-order valence-corrected chi connectivity index (χ1v) is 6.96. The Bertz CT molecular complexity index is 410. The normalized spacial score (nSPS) is 60.7. The van der Waals surface area contributed by atoms with E-state index in [0.29, 0.717) is 27.9 Å². The molecule has 5 fully saturated rings. The van der Waals surface area contributed by atoms with Gasteiger partial charge in [-0.1, -0.05) is 27.2 Å². The third-order valence-electron chi connectivity index (χ3n) is 7.57. The molecular weight excluding hydrogens is 196 g/mol. The second kappa shape index (κ2) is 2.15. The van der Waals surface area contributed by atoms with Gasteiger partial charge in [0.25, 0.3) is 0 Å². The Labute approximate surface area is 98.0 Å². The molecule has 16 heavy (non-hydrogen) atoms. The van der Waals surface area contributed by atoms with Crippen LogP contribution in [0, 0.1) is 27.6 Å². The molecule has 0 aromatic rings. The van der Waals surface area contributed by atoms with Gasteiger partial charge in [-0.3, -0.25) is 4.79 Å². The zero-order valence-corrected chi connectivity index (χ0v) is 10.7. The smallest absolute Gasteiger partial charge is 0.143 e. The summed E-state index contributed by atoms with van der Waals surface area (Å²) in [6.07, 6.45) is 7.72. The molecule has 0 aliphatic heterocycles. The van der Waals surface area contributed by atoms with Gasteiger partial charge >= 0.3 is 0 Å². The van der Waals surface area contributed by atoms with Gasteiger partial charge in [-0.25, -0.2) is 0 Å². The van der Waals surface area contributed by atoms with Crippen molar-refractivity contribution in [1.82, 2.24) is 0 Å². The number of hydrogen-bond donors (Lipinski definition) is 0. The highest BCUT2D eigenvalue weighted by Gasteiger charge is 2.88. The standard InChI is InChI=1S/C15H22O/c1-12(2)5-4-6-15-11(16)10-9-14(12,15)8-7-13(10,15)3/h10H,4-9H2,1-3H3. The van der Waals surface area contributed by atoms with E-state index >= 15 is 0 Å². The highest BCUT2D eigenvalue weighted by Crippen LogP contribution is 2.89. The molecule has 4 bridgehead atoms. The lowest BCUT2D eigenvalue weighted by Crippen LogP contribution is -2.62. The van der Waals surface area contributed by atoms with Crippen LogP contribution in [-0.2, 0) is 4.79 Å². The lowest BCUT2D eigenvalue weighted by atomic mass is 9.41. The van der Waals surface area contributed by atoms with Crippen LogP contribution in [0.1, 0.15) is 59.3 Å². The van der Waals surface area contributed by atoms with E-state index in [9.17, 15) is 4.79 Å². The van der Waals surface area contributed by atoms with Crippen molar-refractivity contribution < 1.29 is 4.79 Å². The summed E-state index contributed by atoms with van der Waals surface area (Å²) in [5.41, 5.74) is 1.34. The summed E-state index contributed by atoms with van der Waals surface area (Å²) in [6.45, 7) is 7.30. The van der Waals surface area contributed by atoms with E-state index in [0.717, 1.165) is 0 Å². The van der Waals surface area contributed by atoms with Crippen molar-refractivity contribution in [2.24, 2.45) is 27.6 Å². The van der Waals surface area contributed by atoms with Gasteiger partial charge in [0.05, 0.1) is 0 Å². The molecular formula is C15H22O. The summed E-state index contributed by atoms with van der Waals surface area (Å²) in [7, 11) is 0. The number of ketones is 1. The van der Waals surface area contributed by atoms with Crippen molar-refractivity contribution in [2.45, 2.75) is 59.3 Å². The summed E-state index contributed by atoms with van der Waals surface area (Å²) in [5.74, 6) is 1.11. The zero-order chi connectivity index (χ0) is 11.4. The lowest BCUT2D eigenvalue weighted by Gasteiger charge is -2.60. The molecule has 0 N–H and O–H groups in total. The van der Waals surface area contributed by atoms with Crippen LogP contribution < -0.4 is 0 Å². The van der Waals surface area contributed by atoms with Crippen molar-refractivity contribution in [3.8, 4) is 0 Å². The molecule has 0 aromatic carbocycles. The van der Waals surface area contributed by atoms with Gasteiger partial charge in [0.15, 0.2) is 0 Å². The molecule has 0 amide bonds. The Hall–Kier alpha value is -0.330. The zero-order valence-electron chi connectivity index (χ0n) is 10.7. The van der Waals surface area contributed by atoms with Crippen LogP contribution >= 0.6 is 0 Å². The van der Waals surface area contributed by atoms with E-state index in [-0.39, 0.29) is 5.41 Å². The number of carbonyl (C=O) groups excluding carboxylic acids is 1. The van der Waals surface area contributed by atoms with E-state index in [2.05, 4.69) is 20.8 Å². The third-order valence-corrected chi connectivity index (χ3v) is 7.57. The first-order chi connectivity index (χ1) is 7.41. The van der Waals surface area contributed by atoms with Crippen molar-refractivity contribution in [2.75, 3.05) is 0 Å².